The zero-order valence-electron chi connectivity index (χ0n) is 15.2. The molecule has 136 valence electrons. The van der Waals surface area contributed by atoms with Crippen molar-refractivity contribution in [2.75, 3.05) is 37.6 Å². The lowest BCUT2D eigenvalue weighted by atomic mass is 10.1. The van der Waals surface area contributed by atoms with Crippen LogP contribution >= 0.6 is 0 Å². The Hall–Kier alpha value is -3.02. The molecular weight excluding hydrogens is 332 g/mol. The Balaban J connectivity index is 1.75. The summed E-state index contributed by atoms with van der Waals surface area (Å²) in [5, 5.41) is 0. The van der Waals surface area contributed by atoms with Gasteiger partial charge in [0.25, 0.3) is 0 Å². The summed E-state index contributed by atoms with van der Waals surface area (Å²) in [6, 6.07) is 13.1. The number of amides is 2. The molecule has 2 aromatic rings. The summed E-state index contributed by atoms with van der Waals surface area (Å²) in [7, 11) is 4.90. The van der Waals surface area contributed by atoms with Crippen molar-refractivity contribution in [1.82, 2.24) is 0 Å². The molecule has 1 aliphatic heterocycles. The topological polar surface area (TPSA) is 59.1 Å². The van der Waals surface area contributed by atoms with Crippen LogP contribution in [0.3, 0.4) is 0 Å². The van der Waals surface area contributed by atoms with E-state index >= 15 is 0 Å². The number of ether oxygens (including phenoxy) is 2. The highest BCUT2D eigenvalue weighted by Gasteiger charge is 2.29. The first-order valence-corrected chi connectivity index (χ1v) is 8.42. The summed E-state index contributed by atoms with van der Waals surface area (Å²) >= 11 is 0. The molecular formula is C20H22N2O4. The number of nitrogens with zero attached hydrogens (tertiary/aromatic N) is 2. The molecule has 0 atom stereocenters. The maximum Gasteiger partial charge on any atom is 0.246 e. The van der Waals surface area contributed by atoms with Gasteiger partial charge in [0.2, 0.25) is 11.8 Å². The number of rotatable bonds is 5. The molecule has 2 amide bonds. The summed E-state index contributed by atoms with van der Waals surface area (Å²) in [6.07, 6.45) is 0.864. The number of benzene rings is 2. The predicted octanol–water partition coefficient (Wildman–Crippen LogP) is 2.65. The molecule has 3 rings (SSSR count). The molecule has 0 bridgehead atoms. The molecule has 26 heavy (non-hydrogen) atoms. The highest BCUT2D eigenvalue weighted by Crippen LogP contribution is 2.33. The fourth-order valence-electron chi connectivity index (χ4n) is 3.08. The molecule has 6 heteroatoms. The van der Waals surface area contributed by atoms with Crippen LogP contribution in [0.2, 0.25) is 0 Å². The van der Waals surface area contributed by atoms with E-state index in [9.17, 15) is 9.59 Å². The molecule has 2 aromatic carbocycles. The van der Waals surface area contributed by atoms with E-state index in [2.05, 4.69) is 0 Å². The maximum absolute atomic E-state index is 12.8. The Morgan fingerprint density at radius 1 is 1.04 bits per heavy atom. The third-order valence-corrected chi connectivity index (χ3v) is 4.58. The van der Waals surface area contributed by atoms with Crippen LogP contribution in [0.25, 0.3) is 0 Å². The predicted molar refractivity (Wildman–Crippen MR) is 100 cm³/mol. The standard InChI is InChI=1S/C20H22N2O4/c1-21-15-6-4-5-7-16(15)22(13-20(21)24)19(23)11-9-14-8-10-17(25-2)18(12-14)26-3/h4-8,10,12H,9,11,13H2,1-3H3. The number of aryl methyl sites for hydroxylation is 1. The van der Waals surface area contributed by atoms with Crippen LogP contribution in [0, 0.1) is 0 Å². The SMILES string of the molecule is COc1ccc(CCC(=O)N2CC(=O)N(C)c3ccccc32)cc1OC. The van der Waals surface area contributed by atoms with Crippen LogP contribution in [0.5, 0.6) is 11.5 Å². The van der Waals surface area contributed by atoms with Gasteiger partial charge < -0.3 is 19.3 Å². The summed E-state index contributed by atoms with van der Waals surface area (Å²) in [4.78, 5) is 28.1. The van der Waals surface area contributed by atoms with Crippen molar-refractivity contribution < 1.29 is 19.1 Å². The monoisotopic (exact) mass is 354 g/mol. The largest absolute Gasteiger partial charge is 0.493 e. The average Bonchev–Trinajstić information content (AvgIpc) is 2.68. The molecule has 0 unspecified atom stereocenters. The van der Waals surface area contributed by atoms with E-state index in [-0.39, 0.29) is 18.4 Å². The Morgan fingerprint density at radius 3 is 2.42 bits per heavy atom. The van der Waals surface area contributed by atoms with E-state index in [1.54, 1.807) is 31.1 Å². The lowest BCUT2D eigenvalue weighted by molar-refractivity contribution is -0.122. The van der Waals surface area contributed by atoms with Gasteiger partial charge in [-0.1, -0.05) is 18.2 Å². The number of likely N-dealkylation sites (N-methyl/N-ethyl adjacent to an activating group) is 1. The van der Waals surface area contributed by atoms with Crippen molar-refractivity contribution in [2.45, 2.75) is 12.8 Å². The Kier molecular flexibility index (Phi) is 5.11. The highest BCUT2D eigenvalue weighted by atomic mass is 16.5. The minimum atomic E-state index is -0.0943. The number of para-hydroxylation sites is 2. The molecule has 0 aromatic heterocycles. The second kappa shape index (κ2) is 7.47. The third kappa shape index (κ3) is 3.35. The molecule has 0 spiro atoms. The fourth-order valence-corrected chi connectivity index (χ4v) is 3.08. The van der Waals surface area contributed by atoms with Gasteiger partial charge in [-0.05, 0) is 36.2 Å². The van der Waals surface area contributed by atoms with Crippen molar-refractivity contribution in [3.8, 4) is 11.5 Å². The van der Waals surface area contributed by atoms with E-state index in [1.807, 2.05) is 42.5 Å². The summed E-state index contributed by atoms with van der Waals surface area (Å²) in [5.74, 6) is 1.12. The zero-order chi connectivity index (χ0) is 18.7. The van der Waals surface area contributed by atoms with Gasteiger partial charge >= 0.3 is 0 Å². The quantitative estimate of drug-likeness (QED) is 0.828. The number of anilines is 2. The van der Waals surface area contributed by atoms with Gasteiger partial charge in [-0.2, -0.15) is 0 Å². The van der Waals surface area contributed by atoms with E-state index in [4.69, 9.17) is 9.47 Å². The third-order valence-electron chi connectivity index (χ3n) is 4.58. The lowest BCUT2D eigenvalue weighted by Gasteiger charge is -2.34. The van der Waals surface area contributed by atoms with Gasteiger partial charge in [-0.3, -0.25) is 9.59 Å². The van der Waals surface area contributed by atoms with Crippen LogP contribution in [0.4, 0.5) is 11.4 Å². The van der Waals surface area contributed by atoms with Crippen LogP contribution in [0.1, 0.15) is 12.0 Å². The van der Waals surface area contributed by atoms with Crippen molar-refractivity contribution in [1.29, 1.82) is 0 Å². The molecule has 0 radical (unpaired) electrons. The second-order valence-corrected chi connectivity index (χ2v) is 6.11. The molecule has 0 fully saturated rings. The first-order valence-electron chi connectivity index (χ1n) is 8.42. The molecule has 0 saturated carbocycles. The summed E-state index contributed by atoms with van der Waals surface area (Å²) in [5.41, 5.74) is 2.50. The first-order chi connectivity index (χ1) is 12.5. The van der Waals surface area contributed by atoms with Gasteiger partial charge in [0.1, 0.15) is 6.54 Å². The minimum absolute atomic E-state index is 0.0677. The Morgan fingerprint density at radius 2 is 1.73 bits per heavy atom. The van der Waals surface area contributed by atoms with Crippen molar-refractivity contribution in [3.05, 3.63) is 48.0 Å². The van der Waals surface area contributed by atoms with E-state index < -0.39 is 0 Å². The molecule has 1 heterocycles. The summed E-state index contributed by atoms with van der Waals surface area (Å²) in [6.45, 7) is 0.0677. The molecule has 0 saturated heterocycles. The van der Waals surface area contributed by atoms with Gasteiger partial charge in [0, 0.05) is 13.5 Å². The molecule has 0 aliphatic carbocycles. The lowest BCUT2D eigenvalue weighted by Crippen LogP contribution is -2.46. The van der Waals surface area contributed by atoms with Crippen molar-refractivity contribution in [3.63, 3.8) is 0 Å². The molecule has 6 nitrogen and oxygen atoms in total. The van der Waals surface area contributed by atoms with Gasteiger partial charge in [0.15, 0.2) is 11.5 Å². The van der Waals surface area contributed by atoms with Crippen LogP contribution in [-0.2, 0) is 16.0 Å². The van der Waals surface area contributed by atoms with Crippen molar-refractivity contribution >= 4 is 23.2 Å². The Bertz CT molecular complexity index is 834. The van der Waals surface area contributed by atoms with E-state index in [0.717, 1.165) is 16.9 Å². The number of fused-ring (bicyclic) bond motifs is 1. The molecule has 0 N–H and O–H groups in total. The maximum atomic E-state index is 12.8. The summed E-state index contributed by atoms with van der Waals surface area (Å²) < 4.78 is 10.5. The second-order valence-electron chi connectivity index (χ2n) is 6.11. The van der Waals surface area contributed by atoms with Gasteiger partial charge in [-0.25, -0.2) is 0 Å². The van der Waals surface area contributed by atoms with Crippen LogP contribution < -0.4 is 19.3 Å². The molecule has 1 aliphatic rings. The van der Waals surface area contributed by atoms with Crippen LogP contribution in [0.15, 0.2) is 42.5 Å². The number of carbonyl (C=O) groups is 2. The zero-order valence-corrected chi connectivity index (χ0v) is 15.2. The Labute approximate surface area is 152 Å². The van der Waals surface area contributed by atoms with Gasteiger partial charge in [0.05, 0.1) is 25.6 Å². The normalized spacial score (nSPS) is 13.4. The highest BCUT2D eigenvalue weighted by molar-refractivity contribution is 6.10. The van der Waals surface area contributed by atoms with Crippen molar-refractivity contribution in [2.24, 2.45) is 0 Å². The van der Waals surface area contributed by atoms with E-state index in [1.165, 1.54) is 0 Å². The fraction of sp³-hybridized carbons (Fsp3) is 0.300. The van der Waals surface area contributed by atoms with E-state index in [0.29, 0.717) is 24.3 Å². The smallest absolute Gasteiger partial charge is 0.246 e. The average molecular weight is 354 g/mol. The number of hydrogen-bond acceptors (Lipinski definition) is 4. The van der Waals surface area contributed by atoms with Crippen LogP contribution in [-0.4, -0.2) is 39.6 Å². The first kappa shape index (κ1) is 17.8. The number of carbonyl (C=O) groups excluding carboxylic acids is 2. The number of hydrogen-bond donors (Lipinski definition) is 0. The minimum Gasteiger partial charge on any atom is -0.493 e. The van der Waals surface area contributed by atoms with Gasteiger partial charge in [-0.15, -0.1) is 0 Å². The number of methoxy groups -OCH3 is 2.